The molecule has 0 atom stereocenters. The van der Waals surface area contributed by atoms with Gasteiger partial charge in [-0.25, -0.2) is 4.98 Å². The van der Waals surface area contributed by atoms with Crippen molar-refractivity contribution >= 4 is 10.9 Å². The second-order valence-electron chi connectivity index (χ2n) is 6.73. The highest BCUT2D eigenvalue weighted by Crippen LogP contribution is 2.28. The molecule has 0 radical (unpaired) electrons. The number of aliphatic hydroxyl groups excluding tert-OH is 1. The predicted molar refractivity (Wildman–Crippen MR) is 108 cm³/mol. The normalized spacial score (nSPS) is 11.1. The van der Waals surface area contributed by atoms with Gasteiger partial charge in [0.1, 0.15) is 12.4 Å². The van der Waals surface area contributed by atoms with Gasteiger partial charge in [0.2, 0.25) is 0 Å². The lowest BCUT2D eigenvalue weighted by molar-refractivity contribution is 0.269. The fraction of sp³-hybridized carbons (Fsp3) is 0.227. The first-order chi connectivity index (χ1) is 13.6. The fourth-order valence-electron chi connectivity index (χ4n) is 3.23. The number of hydrogen-bond acceptors (Lipinski definition) is 5. The van der Waals surface area contributed by atoms with Crippen molar-refractivity contribution in [1.29, 1.82) is 0 Å². The molecule has 0 aliphatic carbocycles. The van der Waals surface area contributed by atoms with E-state index in [4.69, 9.17) is 14.8 Å². The highest BCUT2D eigenvalue weighted by molar-refractivity contribution is 5.86. The summed E-state index contributed by atoms with van der Waals surface area (Å²) in [4.78, 5) is 9.10. The van der Waals surface area contributed by atoms with Crippen molar-refractivity contribution in [2.24, 2.45) is 0 Å². The van der Waals surface area contributed by atoms with Crippen molar-refractivity contribution in [3.63, 3.8) is 0 Å². The maximum atomic E-state index is 9.13. The summed E-state index contributed by atoms with van der Waals surface area (Å²) in [6.45, 7) is 5.00. The summed E-state index contributed by atoms with van der Waals surface area (Å²) in [6.07, 6.45) is 3.70. The monoisotopic (exact) mass is 374 g/mol. The Hall–Kier alpha value is -3.25. The highest BCUT2D eigenvalue weighted by atomic mass is 16.5. The summed E-state index contributed by atoms with van der Waals surface area (Å²) in [5.74, 6) is 0.794. The first-order valence-electron chi connectivity index (χ1n) is 9.23. The number of aliphatic hydroxyl groups is 1. The largest absolute Gasteiger partial charge is 0.487 e. The Bertz CT molecular complexity index is 1110. The molecule has 0 unspecified atom stereocenters. The first-order valence-corrected chi connectivity index (χ1v) is 9.23. The SMILES string of the molecule is Cc1nn(CCO)cc1-c1cc(C)c2cc(OCc3ccccn3)ccc2n1. The molecule has 0 aliphatic rings. The number of fused-ring (bicyclic) bond motifs is 1. The van der Waals surface area contributed by atoms with E-state index in [1.807, 2.05) is 49.5 Å². The Morgan fingerprint density at radius 3 is 2.79 bits per heavy atom. The number of rotatable bonds is 6. The zero-order chi connectivity index (χ0) is 19.5. The van der Waals surface area contributed by atoms with E-state index in [0.717, 1.165) is 44.9 Å². The third-order valence-electron chi connectivity index (χ3n) is 4.65. The van der Waals surface area contributed by atoms with Gasteiger partial charge >= 0.3 is 0 Å². The van der Waals surface area contributed by atoms with Gasteiger partial charge in [-0.2, -0.15) is 5.10 Å². The second-order valence-corrected chi connectivity index (χ2v) is 6.73. The van der Waals surface area contributed by atoms with Gasteiger partial charge in [-0.15, -0.1) is 0 Å². The molecule has 1 N–H and O–H groups in total. The fourth-order valence-corrected chi connectivity index (χ4v) is 3.23. The van der Waals surface area contributed by atoms with Gasteiger partial charge in [0, 0.05) is 23.3 Å². The Morgan fingerprint density at radius 2 is 2.00 bits per heavy atom. The predicted octanol–water partition coefficient (Wildman–Crippen LogP) is 3.68. The molecule has 6 heteroatoms. The summed E-state index contributed by atoms with van der Waals surface area (Å²) >= 11 is 0. The van der Waals surface area contributed by atoms with Crippen molar-refractivity contribution in [2.75, 3.05) is 6.61 Å². The lowest BCUT2D eigenvalue weighted by Gasteiger charge is -2.10. The van der Waals surface area contributed by atoms with Crippen LogP contribution < -0.4 is 4.74 Å². The van der Waals surface area contributed by atoms with Crippen molar-refractivity contribution < 1.29 is 9.84 Å². The van der Waals surface area contributed by atoms with Crippen molar-refractivity contribution in [2.45, 2.75) is 27.0 Å². The Morgan fingerprint density at radius 1 is 1.11 bits per heavy atom. The van der Waals surface area contributed by atoms with Crippen LogP contribution in [0.1, 0.15) is 17.0 Å². The molecule has 0 fully saturated rings. The molecular formula is C22H22N4O2. The van der Waals surface area contributed by atoms with Gasteiger partial charge in [-0.05, 0) is 55.8 Å². The summed E-state index contributed by atoms with van der Waals surface area (Å²) in [7, 11) is 0. The summed E-state index contributed by atoms with van der Waals surface area (Å²) in [5.41, 5.74) is 5.69. The van der Waals surface area contributed by atoms with Crippen LogP contribution >= 0.6 is 0 Å². The highest BCUT2D eigenvalue weighted by Gasteiger charge is 2.12. The summed E-state index contributed by atoms with van der Waals surface area (Å²) in [5, 5.41) is 14.6. The maximum Gasteiger partial charge on any atom is 0.130 e. The molecule has 6 nitrogen and oxygen atoms in total. The molecule has 1 aromatic carbocycles. The quantitative estimate of drug-likeness (QED) is 0.557. The molecule has 3 aromatic heterocycles. The van der Waals surface area contributed by atoms with Crippen LogP contribution in [0.15, 0.2) is 54.9 Å². The van der Waals surface area contributed by atoms with Gasteiger partial charge in [-0.3, -0.25) is 9.67 Å². The van der Waals surface area contributed by atoms with Crippen LogP contribution in [0.2, 0.25) is 0 Å². The van der Waals surface area contributed by atoms with Gasteiger partial charge in [0.25, 0.3) is 0 Å². The Labute approximate surface area is 163 Å². The van der Waals surface area contributed by atoms with E-state index < -0.39 is 0 Å². The van der Waals surface area contributed by atoms with Crippen molar-refractivity contribution in [3.05, 3.63) is 71.8 Å². The van der Waals surface area contributed by atoms with Crippen LogP contribution in [-0.4, -0.2) is 31.5 Å². The average molecular weight is 374 g/mol. The zero-order valence-corrected chi connectivity index (χ0v) is 16.0. The molecule has 0 spiro atoms. The average Bonchev–Trinajstić information content (AvgIpc) is 3.08. The molecule has 4 rings (SSSR count). The van der Waals surface area contributed by atoms with E-state index in [0.29, 0.717) is 13.2 Å². The maximum absolute atomic E-state index is 9.13. The Kier molecular flexibility index (Phi) is 5.04. The van der Waals surface area contributed by atoms with E-state index in [2.05, 4.69) is 23.1 Å². The molecule has 3 heterocycles. The number of hydrogen-bond donors (Lipinski definition) is 1. The summed E-state index contributed by atoms with van der Waals surface area (Å²) in [6, 6.07) is 13.8. The lowest BCUT2D eigenvalue weighted by Crippen LogP contribution is -2.02. The molecule has 0 saturated heterocycles. The molecule has 142 valence electrons. The molecule has 0 aliphatic heterocycles. The lowest BCUT2D eigenvalue weighted by atomic mass is 10.1. The smallest absolute Gasteiger partial charge is 0.130 e. The number of nitrogens with zero attached hydrogens (tertiary/aromatic N) is 4. The minimum Gasteiger partial charge on any atom is -0.487 e. The van der Waals surface area contributed by atoms with Crippen LogP contribution in [0.25, 0.3) is 22.2 Å². The number of benzene rings is 1. The van der Waals surface area contributed by atoms with E-state index in [9.17, 15) is 0 Å². The standard InChI is InChI=1S/C22H22N4O2/c1-15-11-22(20-13-26(9-10-27)25-16(20)2)24-21-7-6-18(12-19(15)21)28-14-17-5-3-4-8-23-17/h3-8,11-13,27H,9-10,14H2,1-2H3. The first kappa shape index (κ1) is 18.1. The minimum absolute atomic E-state index is 0.0615. The third kappa shape index (κ3) is 3.73. The molecule has 0 saturated carbocycles. The van der Waals surface area contributed by atoms with E-state index in [-0.39, 0.29) is 6.61 Å². The van der Waals surface area contributed by atoms with Crippen LogP contribution in [0.3, 0.4) is 0 Å². The molecule has 4 aromatic rings. The summed E-state index contributed by atoms with van der Waals surface area (Å²) < 4.78 is 7.64. The van der Waals surface area contributed by atoms with Crippen LogP contribution in [0, 0.1) is 13.8 Å². The van der Waals surface area contributed by atoms with Crippen LogP contribution in [-0.2, 0) is 13.2 Å². The third-order valence-corrected chi connectivity index (χ3v) is 4.65. The number of aromatic nitrogens is 4. The van der Waals surface area contributed by atoms with E-state index >= 15 is 0 Å². The van der Waals surface area contributed by atoms with Crippen LogP contribution in [0.4, 0.5) is 0 Å². The van der Waals surface area contributed by atoms with Gasteiger partial charge in [0.15, 0.2) is 0 Å². The number of aryl methyl sites for hydroxylation is 2. The number of pyridine rings is 2. The van der Waals surface area contributed by atoms with E-state index in [1.54, 1.807) is 10.9 Å². The topological polar surface area (TPSA) is 73.1 Å². The number of ether oxygens (including phenoxy) is 1. The molecule has 28 heavy (non-hydrogen) atoms. The van der Waals surface area contributed by atoms with Gasteiger partial charge in [-0.1, -0.05) is 6.07 Å². The van der Waals surface area contributed by atoms with Gasteiger partial charge in [0.05, 0.1) is 35.8 Å². The molecule has 0 amide bonds. The molecular weight excluding hydrogens is 352 g/mol. The van der Waals surface area contributed by atoms with Crippen molar-refractivity contribution in [3.8, 4) is 17.0 Å². The Balaban J connectivity index is 1.63. The second kappa shape index (κ2) is 7.78. The minimum atomic E-state index is 0.0615. The zero-order valence-electron chi connectivity index (χ0n) is 16.0. The van der Waals surface area contributed by atoms with Crippen molar-refractivity contribution in [1.82, 2.24) is 19.7 Å². The molecule has 0 bridgehead atoms. The van der Waals surface area contributed by atoms with E-state index in [1.165, 1.54) is 0 Å². The van der Waals surface area contributed by atoms with Gasteiger partial charge < -0.3 is 9.84 Å². The van der Waals surface area contributed by atoms with Crippen LogP contribution in [0.5, 0.6) is 5.75 Å².